The summed E-state index contributed by atoms with van der Waals surface area (Å²) in [6.07, 6.45) is 1.56. The second kappa shape index (κ2) is 7.45. The van der Waals surface area contributed by atoms with E-state index in [0.717, 1.165) is 0 Å². The maximum Gasteiger partial charge on any atom is 0.251 e. The number of carbonyl (C=O) groups excluding carboxylic acids is 2. The summed E-state index contributed by atoms with van der Waals surface area (Å²) < 4.78 is 5.15. The van der Waals surface area contributed by atoms with Gasteiger partial charge in [0.25, 0.3) is 11.8 Å². The summed E-state index contributed by atoms with van der Waals surface area (Å²) in [5.74, 6) is 0.760. The Hall–Kier alpha value is -2.56. The van der Waals surface area contributed by atoms with Crippen LogP contribution in [-0.4, -0.2) is 18.4 Å². The van der Waals surface area contributed by atoms with Crippen molar-refractivity contribution in [3.05, 3.63) is 59.5 Å². The predicted molar refractivity (Wildman–Crippen MR) is 83.5 cm³/mol. The highest BCUT2D eigenvalue weighted by Gasteiger charge is 2.09. The van der Waals surface area contributed by atoms with Crippen molar-refractivity contribution < 1.29 is 14.0 Å². The lowest BCUT2D eigenvalue weighted by atomic mass is 10.1. The van der Waals surface area contributed by atoms with E-state index >= 15 is 0 Å². The minimum Gasteiger partial charge on any atom is -0.467 e. The van der Waals surface area contributed by atoms with Gasteiger partial charge >= 0.3 is 0 Å². The minimum atomic E-state index is -0.203. The summed E-state index contributed by atoms with van der Waals surface area (Å²) in [7, 11) is 0. The molecule has 0 saturated carbocycles. The average Bonchev–Trinajstić information content (AvgIpc) is 3.03. The van der Waals surface area contributed by atoms with E-state index < -0.39 is 0 Å². The standard InChI is InChI=1S/C17H20N2O3/c1-12(2)10-18-16(20)13-5-7-14(8-6-13)17(21)19-11-15-4-3-9-22-15/h3-9,12H,10-11H2,1-2H3,(H,18,20)(H,19,21). The maximum absolute atomic E-state index is 12.0. The van der Waals surface area contributed by atoms with Crippen LogP contribution >= 0.6 is 0 Å². The van der Waals surface area contributed by atoms with Gasteiger partial charge in [-0.25, -0.2) is 0 Å². The molecule has 0 saturated heterocycles. The highest BCUT2D eigenvalue weighted by molar-refractivity contribution is 5.97. The Labute approximate surface area is 129 Å². The highest BCUT2D eigenvalue weighted by atomic mass is 16.3. The third-order valence-electron chi connectivity index (χ3n) is 3.08. The molecule has 0 spiro atoms. The van der Waals surface area contributed by atoms with Crippen LogP contribution in [0, 0.1) is 5.92 Å². The van der Waals surface area contributed by atoms with Crippen LogP contribution in [0.5, 0.6) is 0 Å². The molecule has 0 atom stereocenters. The molecule has 2 aromatic rings. The Kier molecular flexibility index (Phi) is 5.36. The summed E-state index contributed by atoms with van der Waals surface area (Å²) in [5, 5.41) is 5.60. The van der Waals surface area contributed by atoms with Crippen LogP contribution < -0.4 is 10.6 Å². The number of carbonyl (C=O) groups is 2. The van der Waals surface area contributed by atoms with Gasteiger partial charge in [-0.2, -0.15) is 0 Å². The zero-order valence-corrected chi connectivity index (χ0v) is 12.8. The van der Waals surface area contributed by atoms with Gasteiger partial charge in [-0.15, -0.1) is 0 Å². The first-order valence-corrected chi connectivity index (χ1v) is 7.25. The highest BCUT2D eigenvalue weighted by Crippen LogP contribution is 2.06. The molecule has 5 heteroatoms. The Morgan fingerprint density at radius 3 is 2.09 bits per heavy atom. The van der Waals surface area contributed by atoms with Crippen LogP contribution in [0.25, 0.3) is 0 Å². The molecular formula is C17H20N2O3. The van der Waals surface area contributed by atoms with Crippen molar-refractivity contribution in [2.45, 2.75) is 20.4 Å². The van der Waals surface area contributed by atoms with Crippen LogP contribution in [0.15, 0.2) is 47.1 Å². The van der Waals surface area contributed by atoms with Crippen LogP contribution in [0.3, 0.4) is 0 Å². The van der Waals surface area contributed by atoms with Crippen LogP contribution in [0.2, 0.25) is 0 Å². The average molecular weight is 300 g/mol. The molecule has 2 rings (SSSR count). The van der Waals surface area contributed by atoms with Gasteiger partial charge < -0.3 is 15.1 Å². The first kappa shape index (κ1) is 15.8. The Morgan fingerprint density at radius 1 is 1.00 bits per heavy atom. The first-order chi connectivity index (χ1) is 10.6. The molecule has 22 heavy (non-hydrogen) atoms. The van der Waals surface area contributed by atoms with Crippen molar-refractivity contribution in [2.24, 2.45) is 5.92 Å². The van der Waals surface area contributed by atoms with Gasteiger partial charge in [-0.1, -0.05) is 13.8 Å². The molecule has 0 fully saturated rings. The molecular weight excluding hydrogens is 280 g/mol. The van der Waals surface area contributed by atoms with Crippen molar-refractivity contribution in [2.75, 3.05) is 6.54 Å². The van der Waals surface area contributed by atoms with E-state index in [1.165, 1.54) is 0 Å². The SMILES string of the molecule is CC(C)CNC(=O)c1ccc(C(=O)NCc2ccco2)cc1. The molecule has 5 nitrogen and oxygen atoms in total. The van der Waals surface area contributed by atoms with Gasteiger partial charge in [-0.05, 0) is 42.3 Å². The van der Waals surface area contributed by atoms with E-state index in [2.05, 4.69) is 10.6 Å². The fourth-order valence-corrected chi connectivity index (χ4v) is 1.85. The lowest BCUT2D eigenvalue weighted by Gasteiger charge is -2.08. The van der Waals surface area contributed by atoms with Crippen molar-refractivity contribution in [1.82, 2.24) is 10.6 Å². The minimum absolute atomic E-state index is 0.128. The van der Waals surface area contributed by atoms with Crippen molar-refractivity contribution in [3.63, 3.8) is 0 Å². The molecule has 0 unspecified atom stereocenters. The zero-order chi connectivity index (χ0) is 15.9. The lowest BCUT2D eigenvalue weighted by molar-refractivity contribution is 0.0937. The number of hydrogen-bond donors (Lipinski definition) is 2. The Balaban J connectivity index is 1.90. The Bertz CT molecular complexity index is 616. The maximum atomic E-state index is 12.0. The van der Waals surface area contributed by atoms with E-state index in [1.807, 2.05) is 13.8 Å². The monoisotopic (exact) mass is 300 g/mol. The van der Waals surface area contributed by atoms with Crippen molar-refractivity contribution in [1.29, 1.82) is 0 Å². The molecule has 0 aliphatic heterocycles. The van der Waals surface area contributed by atoms with Gasteiger partial charge in [0.2, 0.25) is 0 Å². The normalized spacial score (nSPS) is 10.5. The third kappa shape index (κ3) is 4.48. The fourth-order valence-electron chi connectivity index (χ4n) is 1.85. The number of rotatable bonds is 6. The van der Waals surface area contributed by atoms with E-state index in [-0.39, 0.29) is 11.8 Å². The molecule has 1 heterocycles. The van der Waals surface area contributed by atoms with Crippen molar-refractivity contribution >= 4 is 11.8 Å². The topological polar surface area (TPSA) is 71.3 Å². The fraction of sp³-hybridized carbons (Fsp3) is 0.294. The predicted octanol–water partition coefficient (Wildman–Crippen LogP) is 2.60. The summed E-state index contributed by atoms with van der Waals surface area (Å²) >= 11 is 0. The molecule has 1 aromatic carbocycles. The van der Waals surface area contributed by atoms with E-state index in [4.69, 9.17) is 4.42 Å². The number of amides is 2. The molecule has 2 N–H and O–H groups in total. The summed E-state index contributed by atoms with van der Waals surface area (Å²) in [6.45, 7) is 5.03. The van der Waals surface area contributed by atoms with Crippen LogP contribution in [0.4, 0.5) is 0 Å². The van der Waals surface area contributed by atoms with E-state index in [0.29, 0.717) is 35.9 Å². The molecule has 1 aromatic heterocycles. The van der Waals surface area contributed by atoms with Gasteiger partial charge in [0.1, 0.15) is 5.76 Å². The quantitative estimate of drug-likeness (QED) is 0.861. The van der Waals surface area contributed by atoms with Gasteiger partial charge in [0.15, 0.2) is 0 Å². The first-order valence-electron chi connectivity index (χ1n) is 7.25. The lowest BCUT2D eigenvalue weighted by Crippen LogP contribution is -2.27. The molecule has 0 aliphatic rings. The number of benzene rings is 1. The summed E-state index contributed by atoms with van der Waals surface area (Å²) in [5.41, 5.74) is 1.05. The molecule has 2 amide bonds. The van der Waals surface area contributed by atoms with E-state index in [1.54, 1.807) is 42.7 Å². The number of nitrogens with one attached hydrogen (secondary N) is 2. The van der Waals surface area contributed by atoms with Crippen LogP contribution in [0.1, 0.15) is 40.3 Å². The molecule has 0 radical (unpaired) electrons. The number of furan rings is 1. The zero-order valence-electron chi connectivity index (χ0n) is 12.8. The second-order valence-electron chi connectivity index (χ2n) is 5.44. The van der Waals surface area contributed by atoms with E-state index in [9.17, 15) is 9.59 Å². The van der Waals surface area contributed by atoms with Gasteiger partial charge in [0.05, 0.1) is 12.8 Å². The van der Waals surface area contributed by atoms with Crippen molar-refractivity contribution in [3.8, 4) is 0 Å². The molecule has 116 valence electrons. The largest absolute Gasteiger partial charge is 0.467 e. The molecule has 0 bridgehead atoms. The smallest absolute Gasteiger partial charge is 0.251 e. The number of hydrogen-bond acceptors (Lipinski definition) is 3. The second-order valence-corrected chi connectivity index (χ2v) is 5.44. The Morgan fingerprint density at radius 2 is 1.59 bits per heavy atom. The summed E-state index contributed by atoms with van der Waals surface area (Å²) in [6, 6.07) is 10.1. The van der Waals surface area contributed by atoms with Gasteiger partial charge in [0, 0.05) is 17.7 Å². The van der Waals surface area contributed by atoms with Crippen LogP contribution in [-0.2, 0) is 6.54 Å². The van der Waals surface area contributed by atoms with Gasteiger partial charge in [-0.3, -0.25) is 9.59 Å². The summed E-state index contributed by atoms with van der Waals surface area (Å²) in [4.78, 5) is 23.9. The third-order valence-corrected chi connectivity index (χ3v) is 3.08. The molecule has 0 aliphatic carbocycles.